The molecular formula is C9H7IOS2. The predicted octanol–water partition coefficient (Wildman–Crippen LogP) is 3.29. The van der Waals surface area contributed by atoms with Crippen molar-refractivity contribution in [2.24, 2.45) is 0 Å². The molecule has 0 saturated heterocycles. The summed E-state index contributed by atoms with van der Waals surface area (Å²) in [6, 6.07) is 4.07. The molecule has 0 unspecified atom stereocenters. The molecule has 0 saturated carbocycles. The first-order chi connectivity index (χ1) is 6.24. The van der Waals surface area contributed by atoms with Gasteiger partial charge in [-0.25, -0.2) is 0 Å². The molecule has 1 N–H and O–H groups in total. The molecule has 13 heavy (non-hydrogen) atoms. The molecule has 0 radical (unpaired) electrons. The molecule has 1 aromatic carbocycles. The van der Waals surface area contributed by atoms with Gasteiger partial charge < -0.3 is 5.11 Å². The third-order valence-corrected chi connectivity index (χ3v) is 4.40. The Kier molecular flexibility index (Phi) is 2.83. The van der Waals surface area contributed by atoms with Gasteiger partial charge in [0.1, 0.15) is 0 Å². The minimum Gasteiger partial charge on any atom is -0.392 e. The van der Waals surface area contributed by atoms with E-state index in [1.165, 1.54) is 13.7 Å². The maximum Gasteiger partial charge on any atom is 0.0693 e. The molecule has 0 atom stereocenters. The third-order valence-electron chi connectivity index (χ3n) is 1.91. The molecule has 0 aliphatic heterocycles. The maximum absolute atomic E-state index is 9.09. The van der Waals surface area contributed by atoms with E-state index < -0.39 is 0 Å². The third kappa shape index (κ3) is 1.60. The first-order valence-electron chi connectivity index (χ1n) is 3.72. The van der Waals surface area contributed by atoms with Crippen LogP contribution in [0.15, 0.2) is 22.4 Å². The number of thiol groups is 1. The highest BCUT2D eigenvalue weighted by Crippen LogP contribution is 2.33. The zero-order valence-electron chi connectivity index (χ0n) is 6.62. The molecule has 1 nitrogen and oxygen atoms in total. The van der Waals surface area contributed by atoms with Gasteiger partial charge >= 0.3 is 0 Å². The number of hydrogen-bond donors (Lipinski definition) is 2. The summed E-state index contributed by atoms with van der Waals surface area (Å²) >= 11 is 8.35. The quantitative estimate of drug-likeness (QED) is 0.610. The molecule has 0 amide bonds. The Bertz CT molecular complexity index is 450. The van der Waals surface area contributed by atoms with Crippen LogP contribution in [0.1, 0.15) is 5.56 Å². The Morgan fingerprint density at radius 1 is 1.54 bits per heavy atom. The van der Waals surface area contributed by atoms with Crippen molar-refractivity contribution in [3.8, 4) is 0 Å². The van der Waals surface area contributed by atoms with E-state index >= 15 is 0 Å². The first-order valence-corrected chi connectivity index (χ1v) is 6.13. The Hall–Kier alpha value is 0.220. The number of fused-ring (bicyclic) bond motifs is 1. The van der Waals surface area contributed by atoms with Crippen molar-refractivity contribution in [3.05, 3.63) is 26.6 Å². The van der Waals surface area contributed by atoms with Crippen LogP contribution in [0.5, 0.6) is 0 Å². The minimum absolute atomic E-state index is 0.0582. The first kappa shape index (κ1) is 9.76. The second-order valence-electron chi connectivity index (χ2n) is 2.69. The molecule has 0 bridgehead atoms. The van der Waals surface area contributed by atoms with Gasteiger partial charge in [0.15, 0.2) is 0 Å². The summed E-state index contributed by atoms with van der Waals surface area (Å²) in [6.07, 6.45) is 0. The van der Waals surface area contributed by atoms with Gasteiger partial charge in [-0.15, -0.1) is 24.0 Å². The average molecular weight is 322 g/mol. The highest BCUT2D eigenvalue weighted by atomic mass is 127. The van der Waals surface area contributed by atoms with Gasteiger partial charge in [-0.1, -0.05) is 0 Å². The van der Waals surface area contributed by atoms with E-state index in [2.05, 4.69) is 41.3 Å². The van der Waals surface area contributed by atoms with Crippen molar-refractivity contribution < 1.29 is 5.11 Å². The zero-order valence-corrected chi connectivity index (χ0v) is 10.5. The molecule has 68 valence electrons. The fraction of sp³-hybridized carbons (Fsp3) is 0.111. The topological polar surface area (TPSA) is 20.2 Å². The maximum atomic E-state index is 9.09. The van der Waals surface area contributed by atoms with Crippen LogP contribution in [-0.4, -0.2) is 5.11 Å². The number of thiophene rings is 1. The molecule has 1 aromatic heterocycles. The lowest BCUT2D eigenvalue weighted by Crippen LogP contribution is -1.87. The van der Waals surface area contributed by atoms with Gasteiger partial charge in [0.05, 0.1) is 6.61 Å². The van der Waals surface area contributed by atoms with Crippen LogP contribution in [0.3, 0.4) is 0 Å². The van der Waals surface area contributed by atoms with Crippen LogP contribution >= 0.6 is 46.6 Å². The molecule has 4 heteroatoms. The van der Waals surface area contributed by atoms with E-state index in [-0.39, 0.29) is 6.61 Å². The zero-order chi connectivity index (χ0) is 9.42. The lowest BCUT2D eigenvalue weighted by atomic mass is 10.2. The van der Waals surface area contributed by atoms with Crippen LogP contribution < -0.4 is 0 Å². The summed E-state index contributed by atoms with van der Waals surface area (Å²) in [5.74, 6) is 0. The number of rotatable bonds is 1. The number of benzene rings is 1. The normalized spacial score (nSPS) is 11.0. The van der Waals surface area contributed by atoms with Gasteiger partial charge in [0.25, 0.3) is 0 Å². The second kappa shape index (κ2) is 3.76. The van der Waals surface area contributed by atoms with Crippen LogP contribution in [-0.2, 0) is 6.61 Å². The van der Waals surface area contributed by atoms with Crippen LogP contribution in [0.2, 0.25) is 0 Å². The summed E-state index contributed by atoms with van der Waals surface area (Å²) in [5.41, 5.74) is 0.905. The largest absolute Gasteiger partial charge is 0.392 e. The van der Waals surface area contributed by atoms with E-state index in [1.54, 1.807) is 11.3 Å². The monoisotopic (exact) mass is 322 g/mol. The highest BCUT2D eigenvalue weighted by molar-refractivity contribution is 14.1. The lowest BCUT2D eigenvalue weighted by Gasteiger charge is -2.04. The van der Waals surface area contributed by atoms with Crippen molar-refractivity contribution in [1.29, 1.82) is 0 Å². The molecular weight excluding hydrogens is 315 g/mol. The lowest BCUT2D eigenvalue weighted by molar-refractivity contribution is 0.279. The summed E-state index contributed by atoms with van der Waals surface area (Å²) < 4.78 is 2.34. The summed E-state index contributed by atoms with van der Waals surface area (Å²) in [6.45, 7) is 0.0582. The summed E-state index contributed by atoms with van der Waals surface area (Å²) in [4.78, 5) is 0.910. The number of aliphatic hydroxyl groups excluding tert-OH is 1. The van der Waals surface area contributed by atoms with Crippen molar-refractivity contribution in [3.63, 3.8) is 0 Å². The molecule has 0 aliphatic carbocycles. The van der Waals surface area contributed by atoms with Crippen molar-refractivity contribution >= 4 is 56.6 Å². The molecule has 1 heterocycles. The Balaban J connectivity index is 2.85. The van der Waals surface area contributed by atoms with E-state index in [0.29, 0.717) is 0 Å². The van der Waals surface area contributed by atoms with Crippen LogP contribution in [0.25, 0.3) is 10.1 Å². The van der Waals surface area contributed by atoms with E-state index in [9.17, 15) is 0 Å². The summed E-state index contributed by atoms with van der Waals surface area (Å²) in [7, 11) is 0. The SMILES string of the molecule is OCc1cc(I)c2ccsc2c1S. The predicted molar refractivity (Wildman–Crippen MR) is 67.7 cm³/mol. The van der Waals surface area contributed by atoms with Gasteiger partial charge in [-0.3, -0.25) is 0 Å². The Labute approximate surface area is 99.3 Å². The number of halogens is 1. The Morgan fingerprint density at radius 2 is 2.31 bits per heavy atom. The highest BCUT2D eigenvalue weighted by Gasteiger charge is 2.08. The second-order valence-corrected chi connectivity index (χ2v) is 5.21. The Morgan fingerprint density at radius 3 is 3.00 bits per heavy atom. The summed E-state index contributed by atoms with van der Waals surface area (Å²) in [5, 5.41) is 12.4. The van der Waals surface area contributed by atoms with Gasteiger partial charge in [0, 0.05) is 18.6 Å². The molecule has 0 fully saturated rings. The van der Waals surface area contributed by atoms with Crippen molar-refractivity contribution in [2.75, 3.05) is 0 Å². The molecule has 2 aromatic rings. The average Bonchev–Trinajstić information content (AvgIpc) is 2.60. The number of aliphatic hydroxyl groups is 1. The van der Waals surface area contributed by atoms with E-state index in [4.69, 9.17) is 5.11 Å². The fourth-order valence-electron chi connectivity index (χ4n) is 1.25. The fourth-order valence-corrected chi connectivity index (χ4v) is 3.56. The van der Waals surface area contributed by atoms with Crippen molar-refractivity contribution in [1.82, 2.24) is 0 Å². The molecule has 2 rings (SSSR count). The molecule has 0 aliphatic rings. The van der Waals surface area contributed by atoms with E-state index in [0.717, 1.165) is 10.5 Å². The van der Waals surface area contributed by atoms with Gasteiger partial charge in [0.2, 0.25) is 0 Å². The minimum atomic E-state index is 0.0582. The smallest absolute Gasteiger partial charge is 0.0693 e. The van der Waals surface area contributed by atoms with Crippen LogP contribution in [0, 0.1) is 3.57 Å². The van der Waals surface area contributed by atoms with E-state index in [1.807, 2.05) is 11.4 Å². The van der Waals surface area contributed by atoms with Gasteiger partial charge in [-0.2, -0.15) is 0 Å². The van der Waals surface area contributed by atoms with Crippen LogP contribution in [0.4, 0.5) is 0 Å². The number of hydrogen-bond acceptors (Lipinski definition) is 3. The standard InChI is InChI=1S/C9H7IOS2/c10-7-3-5(4-11)8(12)9-6(7)1-2-13-9/h1-3,11-12H,4H2. The van der Waals surface area contributed by atoms with Crippen molar-refractivity contribution in [2.45, 2.75) is 11.5 Å². The molecule has 0 spiro atoms. The van der Waals surface area contributed by atoms with Gasteiger partial charge in [-0.05, 0) is 45.7 Å².